The van der Waals surface area contributed by atoms with E-state index in [2.05, 4.69) is 139 Å². The fourth-order valence-corrected chi connectivity index (χ4v) is 26.6. The van der Waals surface area contributed by atoms with Crippen LogP contribution >= 0.6 is 0 Å². The molecule has 0 aromatic heterocycles. The molecule has 2 unspecified atom stereocenters. The monoisotopic (exact) mass is 766 g/mol. The van der Waals surface area contributed by atoms with Crippen molar-refractivity contribution in [3.63, 3.8) is 0 Å². The van der Waals surface area contributed by atoms with Gasteiger partial charge < -0.3 is 24.8 Å². The molecule has 1 aliphatic heterocycles. The molecule has 1 fully saturated rings. The Morgan fingerprint density at radius 3 is 1.27 bits per heavy atom. The molecule has 3 heteroatoms. The molecule has 0 bridgehead atoms. The Hall–Kier alpha value is -2.18. The van der Waals surface area contributed by atoms with Crippen molar-refractivity contribution in [1.82, 2.24) is 0 Å². The van der Waals surface area contributed by atoms with E-state index >= 15 is 0 Å². The first-order valence-corrected chi connectivity index (χ1v) is 25.0. The van der Waals surface area contributed by atoms with Gasteiger partial charge in [0.25, 0.3) is 0 Å². The zero-order valence-electron chi connectivity index (χ0n) is 30.5. The van der Waals surface area contributed by atoms with Crippen LogP contribution in [0.3, 0.4) is 0 Å². The fourth-order valence-electron chi connectivity index (χ4n) is 8.97. The average molecular weight is 769 g/mol. The summed E-state index contributed by atoms with van der Waals surface area (Å²) in [4.78, 5) is 0. The van der Waals surface area contributed by atoms with Gasteiger partial charge in [-0.2, -0.15) is 0 Å². The summed E-state index contributed by atoms with van der Waals surface area (Å²) in [5.41, 5.74) is 18.5. The maximum Gasteiger partial charge on any atom is -1.00 e. The zero-order valence-corrected chi connectivity index (χ0v) is 34.4. The SMILES string of the molecule is CCCCC1=Cc2c(-c3ccc(C(C)C)cc3)cccc2[CH]1[Zr+2]1([CH]2C(CCCC)=Cc3c(-c4ccc(C(C)C)cc4)cccc32)[CH2][CH2]1.[Cl-].[Cl-]. The van der Waals surface area contributed by atoms with Gasteiger partial charge in [-0.1, -0.05) is 0 Å². The number of rotatable bonds is 12. The molecule has 4 aromatic rings. The second kappa shape index (κ2) is 16.0. The van der Waals surface area contributed by atoms with Crippen LogP contribution in [-0.2, 0) is 20.3 Å². The molecule has 1 heterocycles. The second-order valence-electron chi connectivity index (χ2n) is 15.4. The standard InChI is InChI=1S/2C22H25.C2H4.2ClH.Zr/c2*1-4-5-7-17-14-20-8-6-9-21(22(20)15-17)19-12-10-18(11-13-19)16(2)3;1-2;;;/h2*6,8-16H,4-5,7H2,1-3H3;1-2H2;2*1H;/q;;;;;+2/p-2. The van der Waals surface area contributed by atoms with Gasteiger partial charge in [0.2, 0.25) is 0 Å². The van der Waals surface area contributed by atoms with Crippen LogP contribution in [0.25, 0.3) is 34.4 Å². The van der Waals surface area contributed by atoms with Crippen molar-refractivity contribution in [3.8, 4) is 22.3 Å². The van der Waals surface area contributed by atoms with Gasteiger partial charge in [-0.05, 0) is 0 Å². The predicted octanol–water partition coefficient (Wildman–Crippen LogP) is 8.24. The number of hydrogen-bond acceptors (Lipinski definition) is 0. The molecule has 2 aliphatic carbocycles. The minimum absolute atomic E-state index is 0. The molecule has 0 N–H and O–H groups in total. The number of benzene rings is 4. The van der Waals surface area contributed by atoms with Crippen LogP contribution < -0.4 is 24.8 Å². The maximum atomic E-state index is 2.69. The van der Waals surface area contributed by atoms with E-state index in [1.165, 1.54) is 80.2 Å². The molecule has 4 aromatic carbocycles. The van der Waals surface area contributed by atoms with E-state index in [0.29, 0.717) is 19.1 Å². The first kappa shape index (κ1) is 38.1. The number of halogens is 2. The number of unbranched alkanes of at least 4 members (excludes halogenated alkanes) is 2. The van der Waals surface area contributed by atoms with Crippen molar-refractivity contribution in [3.05, 3.63) is 129 Å². The first-order valence-electron chi connectivity index (χ1n) is 18.7. The number of allylic oxidation sites excluding steroid dienone is 2. The van der Waals surface area contributed by atoms with Crippen LogP contribution in [0.1, 0.15) is 133 Å². The molecule has 0 amide bonds. The number of hydrogen-bond donors (Lipinski definition) is 0. The molecular formula is C46H54Cl2Zr. The Labute approximate surface area is 314 Å². The molecular weight excluding hydrogens is 715 g/mol. The quantitative estimate of drug-likeness (QED) is 0.136. The average Bonchev–Trinajstić information content (AvgIpc) is 3.63. The van der Waals surface area contributed by atoms with E-state index in [-0.39, 0.29) is 24.8 Å². The van der Waals surface area contributed by atoms with E-state index in [1.807, 2.05) is 0 Å². The van der Waals surface area contributed by atoms with Crippen LogP contribution in [-0.4, -0.2) is 0 Å². The van der Waals surface area contributed by atoms with Crippen LogP contribution in [0.4, 0.5) is 0 Å². The van der Waals surface area contributed by atoms with Gasteiger partial charge in [-0.3, -0.25) is 0 Å². The maximum absolute atomic E-state index is 2.78. The van der Waals surface area contributed by atoms with Gasteiger partial charge >= 0.3 is 292 Å². The molecule has 0 saturated carbocycles. The second-order valence-corrected chi connectivity index (χ2v) is 26.8. The summed E-state index contributed by atoms with van der Waals surface area (Å²) in [6.07, 6.45) is 13.0. The van der Waals surface area contributed by atoms with E-state index in [9.17, 15) is 0 Å². The Kier molecular flexibility index (Phi) is 12.4. The summed E-state index contributed by atoms with van der Waals surface area (Å²) in [6.45, 7) is 13.9. The van der Waals surface area contributed by atoms with E-state index in [0.717, 1.165) is 0 Å². The molecule has 256 valence electrons. The molecule has 1 saturated heterocycles. The van der Waals surface area contributed by atoms with Crippen LogP contribution in [0, 0.1) is 0 Å². The Morgan fingerprint density at radius 1 is 0.551 bits per heavy atom. The van der Waals surface area contributed by atoms with Crippen molar-refractivity contribution in [2.75, 3.05) is 0 Å². The van der Waals surface area contributed by atoms with Crippen LogP contribution in [0.2, 0.25) is 8.26 Å². The predicted molar refractivity (Wildman–Crippen MR) is 202 cm³/mol. The van der Waals surface area contributed by atoms with Gasteiger partial charge in [0, 0.05) is 0 Å². The van der Waals surface area contributed by atoms with E-state index in [4.69, 9.17) is 0 Å². The van der Waals surface area contributed by atoms with Gasteiger partial charge in [0.15, 0.2) is 0 Å². The number of fused-ring (bicyclic) bond motifs is 2. The first-order chi connectivity index (χ1) is 22.9. The summed E-state index contributed by atoms with van der Waals surface area (Å²) in [5.74, 6) is 1.12. The van der Waals surface area contributed by atoms with Crippen molar-refractivity contribution in [2.45, 2.75) is 107 Å². The largest absolute Gasteiger partial charge is 1.00 e. The van der Waals surface area contributed by atoms with Crippen molar-refractivity contribution in [1.29, 1.82) is 0 Å². The molecule has 2 atom stereocenters. The fraction of sp³-hybridized carbons (Fsp3) is 0.391. The van der Waals surface area contributed by atoms with Gasteiger partial charge in [0.05, 0.1) is 0 Å². The van der Waals surface area contributed by atoms with Gasteiger partial charge in [-0.25, -0.2) is 0 Å². The van der Waals surface area contributed by atoms with E-state index in [1.54, 1.807) is 33.4 Å². The van der Waals surface area contributed by atoms with Gasteiger partial charge in [-0.15, -0.1) is 0 Å². The summed E-state index contributed by atoms with van der Waals surface area (Å²) < 4.78 is 4.46. The summed E-state index contributed by atoms with van der Waals surface area (Å²) >= 11 is -2.78. The summed E-state index contributed by atoms with van der Waals surface area (Å²) in [7, 11) is 0. The smallest absolute Gasteiger partial charge is 1.00 e. The molecule has 3 aliphatic rings. The summed E-state index contributed by atoms with van der Waals surface area (Å²) in [5, 5.41) is 0. The normalized spacial score (nSPS) is 17.7. The third-order valence-corrected chi connectivity index (χ3v) is 24.8. The minimum Gasteiger partial charge on any atom is -1.00 e. The van der Waals surface area contributed by atoms with E-state index < -0.39 is 20.3 Å². The topological polar surface area (TPSA) is 0 Å². The van der Waals surface area contributed by atoms with Crippen LogP contribution in [0.15, 0.2) is 96.1 Å². The molecule has 0 radical (unpaired) electrons. The Morgan fingerprint density at radius 2 is 0.939 bits per heavy atom. The van der Waals surface area contributed by atoms with Crippen LogP contribution in [0.5, 0.6) is 0 Å². The molecule has 49 heavy (non-hydrogen) atoms. The zero-order chi connectivity index (χ0) is 32.7. The molecule has 0 spiro atoms. The van der Waals surface area contributed by atoms with Crippen molar-refractivity contribution < 1.29 is 45.1 Å². The van der Waals surface area contributed by atoms with Crippen molar-refractivity contribution >= 4 is 12.2 Å². The third kappa shape index (κ3) is 7.17. The summed E-state index contributed by atoms with van der Waals surface area (Å²) in [6, 6.07) is 33.5. The molecule has 7 rings (SSSR count). The molecule has 0 nitrogen and oxygen atoms in total. The third-order valence-electron chi connectivity index (χ3n) is 11.7. The minimum atomic E-state index is -2.78. The Balaban J connectivity index is 0.00000234. The van der Waals surface area contributed by atoms with Gasteiger partial charge in [0.1, 0.15) is 0 Å². The van der Waals surface area contributed by atoms with Crippen molar-refractivity contribution in [2.24, 2.45) is 0 Å². The Bertz CT molecular complexity index is 1670.